The largest absolute Gasteiger partial charge is 0.474 e. The maximum Gasteiger partial charge on any atom is 0.392 e. The number of halogens is 1. The fourth-order valence-electron chi connectivity index (χ4n) is 1.70. The lowest BCUT2D eigenvalue weighted by atomic mass is 10.3. The lowest BCUT2D eigenvalue weighted by molar-refractivity contribution is 0.0653. The van der Waals surface area contributed by atoms with Gasteiger partial charge in [-0.1, -0.05) is 0 Å². The number of anilines is 2. The number of carbonyl (C=O) groups is 1. The molecule has 0 aliphatic carbocycles. The Hall–Kier alpha value is -3.30. The Labute approximate surface area is 122 Å². The topological polar surface area (TPSA) is 119 Å². The van der Waals surface area contributed by atoms with E-state index in [9.17, 15) is 9.18 Å². The third kappa shape index (κ3) is 2.49. The molecule has 22 heavy (non-hydrogen) atoms. The number of carboxylic acids is 1. The first kappa shape index (κ1) is 13.7. The highest BCUT2D eigenvalue weighted by Crippen LogP contribution is 2.22. The zero-order chi connectivity index (χ0) is 15.7. The zero-order valence-electron chi connectivity index (χ0n) is 11.2. The quantitative estimate of drug-likeness (QED) is 0.743. The predicted molar refractivity (Wildman–Crippen MR) is 70.9 cm³/mol. The van der Waals surface area contributed by atoms with E-state index in [1.54, 1.807) is 24.0 Å². The van der Waals surface area contributed by atoms with E-state index in [4.69, 9.17) is 9.52 Å². The van der Waals surface area contributed by atoms with Crippen molar-refractivity contribution in [2.75, 3.05) is 5.32 Å². The fourth-order valence-corrected chi connectivity index (χ4v) is 1.70. The summed E-state index contributed by atoms with van der Waals surface area (Å²) in [4.78, 5) is 22.2. The second-order valence-electron chi connectivity index (χ2n) is 4.20. The molecule has 0 aliphatic heterocycles. The SMILES string of the molecule is Cn1nccc1Nc1ncc(F)c(-c2coc(C(=O)O)n2)n1. The molecule has 0 amide bonds. The summed E-state index contributed by atoms with van der Waals surface area (Å²) in [5, 5.41) is 15.6. The first-order valence-corrected chi connectivity index (χ1v) is 6.01. The van der Waals surface area contributed by atoms with Gasteiger partial charge in [0.2, 0.25) is 5.95 Å². The van der Waals surface area contributed by atoms with Gasteiger partial charge in [-0.15, -0.1) is 0 Å². The lowest BCUT2D eigenvalue weighted by Gasteiger charge is -2.06. The van der Waals surface area contributed by atoms with Crippen LogP contribution in [-0.4, -0.2) is 35.8 Å². The molecular weight excluding hydrogens is 295 g/mol. The van der Waals surface area contributed by atoms with Crippen LogP contribution in [0.5, 0.6) is 0 Å². The van der Waals surface area contributed by atoms with Gasteiger partial charge >= 0.3 is 11.9 Å². The number of rotatable bonds is 4. The molecule has 3 aromatic heterocycles. The highest BCUT2D eigenvalue weighted by Gasteiger charge is 2.17. The fraction of sp³-hybridized carbons (Fsp3) is 0.0833. The van der Waals surface area contributed by atoms with Crippen LogP contribution in [0.2, 0.25) is 0 Å². The van der Waals surface area contributed by atoms with Gasteiger partial charge in [0.05, 0.1) is 12.4 Å². The molecule has 0 unspecified atom stereocenters. The van der Waals surface area contributed by atoms with Crippen molar-refractivity contribution in [3.63, 3.8) is 0 Å². The number of aryl methyl sites for hydroxylation is 1. The maximum absolute atomic E-state index is 13.8. The van der Waals surface area contributed by atoms with Crippen LogP contribution in [0, 0.1) is 5.82 Å². The minimum Gasteiger partial charge on any atom is -0.474 e. The van der Waals surface area contributed by atoms with Crippen LogP contribution in [0.4, 0.5) is 16.2 Å². The highest BCUT2D eigenvalue weighted by molar-refractivity contribution is 5.82. The van der Waals surface area contributed by atoms with E-state index >= 15 is 0 Å². The van der Waals surface area contributed by atoms with Crippen LogP contribution >= 0.6 is 0 Å². The Morgan fingerprint density at radius 2 is 2.27 bits per heavy atom. The summed E-state index contributed by atoms with van der Waals surface area (Å²) < 4.78 is 20.1. The minimum atomic E-state index is -1.35. The monoisotopic (exact) mass is 304 g/mol. The first-order valence-electron chi connectivity index (χ1n) is 6.01. The van der Waals surface area contributed by atoms with E-state index in [0.29, 0.717) is 5.82 Å². The normalized spacial score (nSPS) is 10.6. The molecule has 0 aromatic carbocycles. The van der Waals surface area contributed by atoms with E-state index in [0.717, 1.165) is 12.5 Å². The number of aromatic nitrogens is 5. The Morgan fingerprint density at radius 1 is 1.45 bits per heavy atom. The first-order chi connectivity index (χ1) is 10.5. The Bertz CT molecular complexity index is 843. The standard InChI is InChI=1S/C12H9FN6O3/c1-19-8(2-3-15-19)17-12-14-4-6(13)9(18-12)7-5-22-10(16-7)11(20)21/h2-5H,1H3,(H,20,21)(H,14,17,18). The maximum atomic E-state index is 13.8. The molecule has 2 N–H and O–H groups in total. The van der Waals surface area contributed by atoms with Crippen molar-refractivity contribution in [3.8, 4) is 11.4 Å². The second kappa shape index (κ2) is 5.24. The predicted octanol–water partition coefficient (Wildman–Crippen LogP) is 1.45. The average molecular weight is 304 g/mol. The third-order valence-electron chi connectivity index (χ3n) is 2.73. The second-order valence-corrected chi connectivity index (χ2v) is 4.20. The molecule has 3 rings (SSSR count). The van der Waals surface area contributed by atoms with Gasteiger partial charge in [0.1, 0.15) is 23.5 Å². The number of carboxylic acid groups (broad SMARTS) is 1. The molecule has 0 fully saturated rings. The lowest BCUT2D eigenvalue weighted by Crippen LogP contribution is -2.04. The number of nitrogens with one attached hydrogen (secondary N) is 1. The Kier molecular flexibility index (Phi) is 3.26. The summed E-state index contributed by atoms with van der Waals surface area (Å²) in [5.41, 5.74) is -0.207. The average Bonchev–Trinajstić information content (AvgIpc) is 3.11. The number of aromatic carboxylic acids is 1. The van der Waals surface area contributed by atoms with E-state index in [2.05, 4.69) is 25.4 Å². The van der Waals surface area contributed by atoms with Gasteiger partial charge in [0.25, 0.3) is 0 Å². The van der Waals surface area contributed by atoms with Gasteiger partial charge in [0, 0.05) is 13.1 Å². The molecule has 0 radical (unpaired) electrons. The van der Waals surface area contributed by atoms with Gasteiger partial charge in [-0.25, -0.2) is 24.1 Å². The summed E-state index contributed by atoms with van der Waals surface area (Å²) in [6.45, 7) is 0. The molecule has 0 bridgehead atoms. The van der Waals surface area contributed by atoms with Gasteiger partial charge in [-0.3, -0.25) is 4.68 Å². The van der Waals surface area contributed by atoms with Crippen LogP contribution in [0.25, 0.3) is 11.4 Å². The van der Waals surface area contributed by atoms with Crippen molar-refractivity contribution in [2.24, 2.45) is 7.05 Å². The molecule has 0 aliphatic rings. The molecule has 3 heterocycles. The van der Waals surface area contributed by atoms with Crippen molar-refractivity contribution >= 4 is 17.7 Å². The Morgan fingerprint density at radius 3 is 2.91 bits per heavy atom. The molecule has 9 nitrogen and oxygen atoms in total. The van der Waals surface area contributed by atoms with Crippen molar-refractivity contribution in [3.05, 3.63) is 36.4 Å². The van der Waals surface area contributed by atoms with E-state index in [1.165, 1.54) is 0 Å². The highest BCUT2D eigenvalue weighted by atomic mass is 19.1. The van der Waals surface area contributed by atoms with E-state index in [-0.39, 0.29) is 17.3 Å². The van der Waals surface area contributed by atoms with Crippen LogP contribution in [0.15, 0.2) is 29.1 Å². The number of oxazole rings is 1. The number of hydrogen-bond donors (Lipinski definition) is 2. The van der Waals surface area contributed by atoms with E-state index in [1.807, 2.05) is 0 Å². The minimum absolute atomic E-state index is 0.0367. The van der Waals surface area contributed by atoms with Crippen LogP contribution in [0.3, 0.4) is 0 Å². The molecule has 0 atom stereocenters. The molecule has 0 saturated heterocycles. The summed E-state index contributed by atoms with van der Waals surface area (Å²) in [6.07, 6.45) is 3.54. The van der Waals surface area contributed by atoms with Crippen LogP contribution in [-0.2, 0) is 7.05 Å². The molecule has 10 heteroatoms. The summed E-state index contributed by atoms with van der Waals surface area (Å²) >= 11 is 0. The Balaban J connectivity index is 1.95. The van der Waals surface area contributed by atoms with Crippen LogP contribution < -0.4 is 5.32 Å². The van der Waals surface area contributed by atoms with Crippen LogP contribution in [0.1, 0.15) is 10.7 Å². The molecule has 0 spiro atoms. The molecule has 112 valence electrons. The zero-order valence-corrected chi connectivity index (χ0v) is 11.2. The van der Waals surface area contributed by atoms with Crippen molar-refractivity contribution in [1.82, 2.24) is 24.7 Å². The van der Waals surface area contributed by atoms with Gasteiger partial charge < -0.3 is 14.8 Å². The van der Waals surface area contributed by atoms with Gasteiger partial charge in [-0.2, -0.15) is 5.10 Å². The number of nitrogens with zero attached hydrogens (tertiary/aromatic N) is 5. The third-order valence-corrected chi connectivity index (χ3v) is 2.73. The summed E-state index contributed by atoms with van der Waals surface area (Å²) in [7, 11) is 1.71. The van der Waals surface area contributed by atoms with Crippen molar-refractivity contribution in [1.29, 1.82) is 0 Å². The summed E-state index contributed by atoms with van der Waals surface area (Å²) in [5.74, 6) is -1.94. The molecular formula is C12H9FN6O3. The van der Waals surface area contributed by atoms with Crippen molar-refractivity contribution in [2.45, 2.75) is 0 Å². The van der Waals surface area contributed by atoms with Gasteiger partial charge in [0.15, 0.2) is 5.82 Å². The van der Waals surface area contributed by atoms with Crippen molar-refractivity contribution < 1.29 is 18.7 Å². The molecule has 3 aromatic rings. The molecule has 0 saturated carbocycles. The number of hydrogen-bond acceptors (Lipinski definition) is 7. The van der Waals surface area contributed by atoms with E-state index < -0.39 is 17.7 Å². The van der Waals surface area contributed by atoms with Gasteiger partial charge in [-0.05, 0) is 0 Å². The smallest absolute Gasteiger partial charge is 0.392 e. The summed E-state index contributed by atoms with van der Waals surface area (Å²) in [6, 6.07) is 1.69.